The first kappa shape index (κ1) is 19.2. The minimum Gasteiger partial charge on any atom is -0.497 e. The molecule has 3 aromatic carbocycles. The van der Waals surface area contributed by atoms with Gasteiger partial charge in [0.15, 0.2) is 5.69 Å². The summed E-state index contributed by atoms with van der Waals surface area (Å²) in [6.45, 7) is -0.389. The molecule has 0 amide bonds. The lowest BCUT2D eigenvalue weighted by molar-refractivity contribution is -0.734. The molecule has 9 heteroatoms. The zero-order valence-electron chi connectivity index (χ0n) is 16.0. The standard InChI is InChI=1S/C21H18N5O4/c1-30-19-10-7-17(8-11-19)24-22-21(15-5-3-2-4-6-15)23-25(24)20-12-9-18(26(28)29)13-16(20)14-27/h2-13,27H,14H2,1H3/q+1. The molecule has 0 aliphatic heterocycles. The Morgan fingerprint density at radius 1 is 1.10 bits per heavy atom. The van der Waals surface area contributed by atoms with Crippen molar-refractivity contribution in [2.45, 2.75) is 6.61 Å². The van der Waals surface area contributed by atoms with Crippen LogP contribution >= 0.6 is 0 Å². The van der Waals surface area contributed by atoms with Crippen molar-refractivity contribution in [3.05, 3.63) is 88.5 Å². The summed E-state index contributed by atoms with van der Waals surface area (Å²) in [6, 6.07) is 20.9. The van der Waals surface area contributed by atoms with Crippen LogP contribution in [0.1, 0.15) is 5.56 Å². The molecule has 0 atom stereocenters. The van der Waals surface area contributed by atoms with Crippen molar-refractivity contribution in [3.8, 4) is 28.5 Å². The highest BCUT2D eigenvalue weighted by Crippen LogP contribution is 2.22. The largest absolute Gasteiger partial charge is 0.497 e. The Morgan fingerprint density at radius 3 is 2.47 bits per heavy atom. The van der Waals surface area contributed by atoms with E-state index in [1.807, 2.05) is 42.5 Å². The van der Waals surface area contributed by atoms with Crippen molar-refractivity contribution in [2.24, 2.45) is 0 Å². The van der Waals surface area contributed by atoms with Gasteiger partial charge >= 0.3 is 5.82 Å². The number of nitro groups is 1. The molecule has 1 heterocycles. The Hall–Kier alpha value is -4.11. The van der Waals surface area contributed by atoms with E-state index in [-0.39, 0.29) is 12.3 Å². The molecule has 9 nitrogen and oxygen atoms in total. The van der Waals surface area contributed by atoms with Gasteiger partial charge in [-0.2, -0.15) is 0 Å². The molecule has 0 aliphatic carbocycles. The predicted octanol–water partition coefficient (Wildman–Crippen LogP) is 2.62. The van der Waals surface area contributed by atoms with Crippen LogP contribution in [0.5, 0.6) is 5.75 Å². The quantitative estimate of drug-likeness (QED) is 0.301. The highest BCUT2D eigenvalue weighted by molar-refractivity contribution is 5.54. The zero-order chi connectivity index (χ0) is 21.1. The average molecular weight is 404 g/mol. The Bertz CT molecular complexity index is 1190. The molecule has 30 heavy (non-hydrogen) atoms. The third-order valence-electron chi connectivity index (χ3n) is 4.55. The highest BCUT2D eigenvalue weighted by atomic mass is 16.6. The summed E-state index contributed by atoms with van der Waals surface area (Å²) in [5.74, 6) is 1.16. The SMILES string of the molecule is COc1ccc(-[n+]2nc(-c3ccccc3)nn2-c2ccc([N+](=O)[O-])cc2CO)cc1. The Morgan fingerprint density at radius 2 is 1.83 bits per heavy atom. The van der Waals surface area contributed by atoms with Crippen LogP contribution < -0.4 is 9.53 Å². The van der Waals surface area contributed by atoms with Crippen LogP contribution in [-0.2, 0) is 6.61 Å². The first-order valence-corrected chi connectivity index (χ1v) is 9.09. The lowest BCUT2D eigenvalue weighted by Crippen LogP contribution is -2.43. The van der Waals surface area contributed by atoms with Crippen LogP contribution in [0.3, 0.4) is 0 Å². The summed E-state index contributed by atoms with van der Waals surface area (Å²) in [7, 11) is 1.59. The number of methoxy groups -OCH3 is 1. The van der Waals surface area contributed by atoms with Crippen LogP contribution in [0, 0.1) is 10.1 Å². The Balaban J connectivity index is 1.91. The van der Waals surface area contributed by atoms with Crippen LogP contribution in [-0.4, -0.2) is 32.1 Å². The number of hydrogen-bond donors (Lipinski definition) is 1. The van der Waals surface area contributed by atoms with E-state index in [0.29, 0.717) is 28.5 Å². The van der Waals surface area contributed by atoms with Gasteiger partial charge in [-0.3, -0.25) is 10.1 Å². The van der Waals surface area contributed by atoms with Gasteiger partial charge in [-0.25, -0.2) is 0 Å². The number of aliphatic hydroxyl groups excluding tert-OH is 1. The van der Waals surface area contributed by atoms with Crippen molar-refractivity contribution in [1.29, 1.82) is 0 Å². The number of aromatic nitrogens is 4. The molecule has 0 radical (unpaired) electrons. The predicted molar refractivity (Wildman–Crippen MR) is 107 cm³/mol. The summed E-state index contributed by atoms with van der Waals surface area (Å²) in [5.41, 5.74) is 2.24. The van der Waals surface area contributed by atoms with Gasteiger partial charge in [0.05, 0.1) is 29.3 Å². The fourth-order valence-corrected chi connectivity index (χ4v) is 3.03. The molecule has 0 spiro atoms. The van der Waals surface area contributed by atoms with E-state index < -0.39 is 4.92 Å². The molecule has 0 saturated heterocycles. The lowest BCUT2D eigenvalue weighted by atomic mass is 10.1. The van der Waals surface area contributed by atoms with Crippen LogP contribution in [0.25, 0.3) is 22.8 Å². The molecule has 0 fully saturated rings. The molecule has 4 aromatic rings. The molecular formula is C21H18N5O4+. The van der Waals surface area contributed by atoms with E-state index in [9.17, 15) is 15.2 Å². The first-order valence-electron chi connectivity index (χ1n) is 9.09. The third-order valence-corrected chi connectivity index (χ3v) is 4.55. The summed E-state index contributed by atoms with van der Waals surface area (Å²) < 4.78 is 5.22. The Labute approximate surface area is 171 Å². The second-order valence-electron chi connectivity index (χ2n) is 6.39. The molecule has 150 valence electrons. The number of hydrogen-bond acceptors (Lipinski definition) is 6. The second kappa shape index (κ2) is 8.10. The fraction of sp³-hybridized carbons (Fsp3) is 0.0952. The van der Waals surface area contributed by atoms with Gasteiger partial charge in [0.1, 0.15) is 11.4 Å². The zero-order valence-corrected chi connectivity index (χ0v) is 16.0. The molecule has 0 aliphatic rings. The topological polar surface area (TPSA) is 107 Å². The van der Waals surface area contributed by atoms with E-state index in [4.69, 9.17) is 4.74 Å². The number of nitrogens with zero attached hydrogens (tertiary/aromatic N) is 5. The van der Waals surface area contributed by atoms with E-state index >= 15 is 0 Å². The number of ether oxygens (including phenoxy) is 1. The molecule has 1 aromatic heterocycles. The third kappa shape index (κ3) is 3.61. The van der Waals surface area contributed by atoms with E-state index in [2.05, 4.69) is 10.2 Å². The normalized spacial score (nSPS) is 10.7. The average Bonchev–Trinajstić information content (AvgIpc) is 3.24. The summed E-state index contributed by atoms with van der Waals surface area (Å²) in [4.78, 5) is 13.7. The van der Waals surface area contributed by atoms with Crippen molar-refractivity contribution in [2.75, 3.05) is 7.11 Å². The number of aliphatic hydroxyl groups is 1. The van der Waals surface area contributed by atoms with Crippen molar-refractivity contribution >= 4 is 5.69 Å². The number of nitro benzene ring substituents is 1. The van der Waals surface area contributed by atoms with Crippen LogP contribution in [0.4, 0.5) is 5.69 Å². The van der Waals surface area contributed by atoms with Gasteiger partial charge in [0.25, 0.3) is 5.69 Å². The highest BCUT2D eigenvalue weighted by Gasteiger charge is 2.26. The van der Waals surface area contributed by atoms with Crippen LogP contribution in [0.15, 0.2) is 72.8 Å². The van der Waals surface area contributed by atoms with Crippen LogP contribution in [0.2, 0.25) is 0 Å². The molecule has 1 N–H and O–H groups in total. The van der Waals surface area contributed by atoms with Gasteiger partial charge in [-0.15, -0.1) is 0 Å². The van der Waals surface area contributed by atoms with Crippen molar-refractivity contribution in [3.63, 3.8) is 0 Å². The maximum Gasteiger partial charge on any atom is 0.340 e. The van der Waals surface area contributed by atoms with Crippen molar-refractivity contribution < 1.29 is 19.6 Å². The Kier molecular flexibility index (Phi) is 5.19. The van der Waals surface area contributed by atoms with E-state index in [1.165, 1.54) is 16.9 Å². The lowest BCUT2D eigenvalue weighted by Gasteiger charge is -2.05. The number of benzene rings is 3. The molecule has 0 saturated carbocycles. The molecule has 0 bridgehead atoms. The first-order chi connectivity index (χ1) is 14.6. The van der Waals surface area contributed by atoms with Gasteiger partial charge in [0.2, 0.25) is 0 Å². The van der Waals surface area contributed by atoms with E-state index in [1.54, 1.807) is 30.1 Å². The summed E-state index contributed by atoms with van der Waals surface area (Å²) in [6.07, 6.45) is 0. The maximum atomic E-state index is 11.1. The summed E-state index contributed by atoms with van der Waals surface area (Å²) in [5, 5.41) is 30.2. The number of non-ortho nitro benzene ring substituents is 1. The van der Waals surface area contributed by atoms with Gasteiger partial charge < -0.3 is 9.84 Å². The fourth-order valence-electron chi connectivity index (χ4n) is 3.03. The second-order valence-corrected chi connectivity index (χ2v) is 6.39. The minimum absolute atomic E-state index is 0.109. The molecule has 4 rings (SSSR count). The van der Waals surface area contributed by atoms with E-state index in [0.717, 1.165) is 5.56 Å². The van der Waals surface area contributed by atoms with Gasteiger partial charge in [-0.05, 0) is 52.4 Å². The molecule has 0 unspecified atom stereocenters. The minimum atomic E-state index is -0.503. The molecular weight excluding hydrogens is 386 g/mol. The number of tetrazole rings is 1. The maximum absolute atomic E-state index is 11.1. The van der Waals surface area contributed by atoms with Gasteiger partial charge in [0, 0.05) is 22.5 Å². The van der Waals surface area contributed by atoms with Crippen molar-refractivity contribution in [1.82, 2.24) is 15.0 Å². The smallest absolute Gasteiger partial charge is 0.340 e. The monoisotopic (exact) mass is 404 g/mol. The number of rotatable bonds is 6. The summed E-state index contributed by atoms with van der Waals surface area (Å²) >= 11 is 0. The van der Waals surface area contributed by atoms with Gasteiger partial charge in [-0.1, -0.05) is 18.2 Å².